The van der Waals surface area contributed by atoms with Crippen molar-refractivity contribution in [3.63, 3.8) is 0 Å². The van der Waals surface area contributed by atoms with E-state index in [0.29, 0.717) is 48.0 Å². The molecule has 1 saturated carbocycles. The third kappa shape index (κ3) is 7.15. The number of anilines is 3. The average Bonchev–Trinajstić information content (AvgIpc) is 3.66. The van der Waals surface area contributed by atoms with Gasteiger partial charge in [-0.1, -0.05) is 18.9 Å². The van der Waals surface area contributed by atoms with E-state index in [1.54, 1.807) is 0 Å². The van der Waals surface area contributed by atoms with E-state index in [2.05, 4.69) is 30.6 Å². The summed E-state index contributed by atoms with van der Waals surface area (Å²) in [7, 11) is 0. The molecule has 42 heavy (non-hydrogen) atoms. The van der Waals surface area contributed by atoms with E-state index in [0.717, 1.165) is 25.5 Å². The minimum absolute atomic E-state index is 0.0929. The summed E-state index contributed by atoms with van der Waals surface area (Å²) in [5, 5.41) is 19.3. The second-order valence-corrected chi connectivity index (χ2v) is 10.1. The SMILES string of the molecule is O=C(Cn1cc(Nc2ncnc3cc(OCCCN(CCO)C4CCCC4)c(F)cc23)cn1)Nc1cccc(F)c1F. The molecule has 2 aromatic heterocycles. The van der Waals surface area contributed by atoms with E-state index >= 15 is 4.39 Å². The van der Waals surface area contributed by atoms with Crippen molar-refractivity contribution >= 4 is 34.0 Å². The first-order chi connectivity index (χ1) is 20.4. The zero-order valence-electron chi connectivity index (χ0n) is 22.9. The number of aliphatic hydroxyl groups is 1. The Bertz CT molecular complexity index is 1530. The van der Waals surface area contributed by atoms with Crippen LogP contribution in [0.25, 0.3) is 10.9 Å². The minimum Gasteiger partial charge on any atom is -0.490 e. The number of hydrogen-bond donors (Lipinski definition) is 3. The Hall–Kier alpha value is -4.23. The smallest absolute Gasteiger partial charge is 0.246 e. The highest BCUT2D eigenvalue weighted by atomic mass is 19.2. The molecule has 10 nitrogen and oxygen atoms in total. The number of nitrogens with one attached hydrogen (secondary N) is 2. The van der Waals surface area contributed by atoms with Crippen molar-refractivity contribution < 1.29 is 27.8 Å². The molecule has 2 aromatic carbocycles. The zero-order chi connectivity index (χ0) is 29.5. The highest BCUT2D eigenvalue weighted by Crippen LogP contribution is 2.29. The van der Waals surface area contributed by atoms with Crippen LogP contribution in [0.1, 0.15) is 32.1 Å². The van der Waals surface area contributed by atoms with Crippen LogP contribution in [0, 0.1) is 17.5 Å². The number of aromatic nitrogens is 4. The summed E-state index contributed by atoms with van der Waals surface area (Å²) in [4.78, 5) is 23.1. The first-order valence-electron chi connectivity index (χ1n) is 13.9. The van der Waals surface area contributed by atoms with Gasteiger partial charge in [0.15, 0.2) is 23.2 Å². The molecule has 222 valence electrons. The van der Waals surface area contributed by atoms with Crippen molar-refractivity contribution in [2.45, 2.75) is 44.7 Å². The number of carbonyl (C=O) groups excluding carboxylic acids is 1. The van der Waals surface area contributed by atoms with Gasteiger partial charge in [0.05, 0.1) is 36.3 Å². The number of benzene rings is 2. The first-order valence-corrected chi connectivity index (χ1v) is 13.9. The fourth-order valence-electron chi connectivity index (χ4n) is 5.18. The predicted molar refractivity (Wildman–Crippen MR) is 151 cm³/mol. The highest BCUT2D eigenvalue weighted by Gasteiger charge is 2.22. The second-order valence-electron chi connectivity index (χ2n) is 10.1. The summed E-state index contributed by atoms with van der Waals surface area (Å²) < 4.78 is 49.3. The number of hydrogen-bond acceptors (Lipinski definition) is 8. The summed E-state index contributed by atoms with van der Waals surface area (Å²) in [6.45, 7) is 1.58. The Balaban J connectivity index is 1.19. The Morgan fingerprint density at radius 2 is 1.95 bits per heavy atom. The number of rotatable bonds is 13. The molecule has 2 heterocycles. The first kappa shape index (κ1) is 29.3. The van der Waals surface area contributed by atoms with Crippen LogP contribution < -0.4 is 15.4 Å². The van der Waals surface area contributed by atoms with Gasteiger partial charge in [-0.3, -0.25) is 14.4 Å². The lowest BCUT2D eigenvalue weighted by atomic mass is 10.2. The van der Waals surface area contributed by atoms with Crippen LogP contribution in [0.3, 0.4) is 0 Å². The Labute approximate surface area is 240 Å². The van der Waals surface area contributed by atoms with E-state index in [1.807, 2.05) is 0 Å². The van der Waals surface area contributed by atoms with Gasteiger partial charge in [-0.15, -0.1) is 0 Å². The molecule has 1 amide bonds. The van der Waals surface area contributed by atoms with Gasteiger partial charge in [-0.05, 0) is 37.5 Å². The summed E-state index contributed by atoms with van der Waals surface area (Å²) in [5.74, 6) is -2.95. The third-order valence-electron chi connectivity index (χ3n) is 7.19. The second kappa shape index (κ2) is 13.6. The molecule has 0 atom stereocenters. The third-order valence-corrected chi connectivity index (χ3v) is 7.19. The molecular formula is C29H32F3N7O3. The molecule has 0 bridgehead atoms. The molecule has 5 rings (SSSR count). The molecule has 3 N–H and O–H groups in total. The van der Waals surface area contributed by atoms with Gasteiger partial charge < -0.3 is 20.5 Å². The number of aliphatic hydroxyl groups excluding tert-OH is 1. The molecule has 1 aliphatic rings. The van der Waals surface area contributed by atoms with Crippen molar-refractivity contribution in [3.05, 3.63) is 66.5 Å². The molecule has 0 unspecified atom stereocenters. The molecule has 0 radical (unpaired) electrons. The number of amides is 1. The Morgan fingerprint density at radius 3 is 2.76 bits per heavy atom. The van der Waals surface area contributed by atoms with Crippen LogP contribution >= 0.6 is 0 Å². The van der Waals surface area contributed by atoms with Gasteiger partial charge in [0.25, 0.3) is 0 Å². The summed E-state index contributed by atoms with van der Waals surface area (Å²) in [6, 6.07) is 6.82. The zero-order valence-corrected chi connectivity index (χ0v) is 22.9. The number of carbonyl (C=O) groups is 1. The largest absolute Gasteiger partial charge is 0.490 e. The highest BCUT2D eigenvalue weighted by molar-refractivity contribution is 5.92. The average molecular weight is 584 g/mol. The van der Waals surface area contributed by atoms with Gasteiger partial charge in [0.2, 0.25) is 5.91 Å². The lowest BCUT2D eigenvalue weighted by Gasteiger charge is -2.28. The van der Waals surface area contributed by atoms with Crippen LogP contribution in [0.15, 0.2) is 49.1 Å². The van der Waals surface area contributed by atoms with Crippen molar-refractivity contribution in [1.29, 1.82) is 0 Å². The van der Waals surface area contributed by atoms with Crippen LogP contribution in [-0.2, 0) is 11.3 Å². The lowest BCUT2D eigenvalue weighted by molar-refractivity contribution is -0.116. The Kier molecular flexibility index (Phi) is 9.49. The van der Waals surface area contributed by atoms with E-state index in [1.165, 1.54) is 60.5 Å². The van der Waals surface area contributed by atoms with Gasteiger partial charge >= 0.3 is 0 Å². The molecule has 13 heteroatoms. The molecule has 0 aliphatic heterocycles. The maximum atomic E-state index is 15.0. The summed E-state index contributed by atoms with van der Waals surface area (Å²) in [5.41, 5.74) is 0.673. The maximum Gasteiger partial charge on any atom is 0.246 e. The van der Waals surface area contributed by atoms with Gasteiger partial charge in [-0.25, -0.2) is 23.1 Å². The number of nitrogens with zero attached hydrogens (tertiary/aromatic N) is 5. The quantitative estimate of drug-likeness (QED) is 0.195. The Morgan fingerprint density at radius 1 is 1.12 bits per heavy atom. The molecule has 4 aromatic rings. The number of ether oxygens (including phenoxy) is 1. The monoisotopic (exact) mass is 583 g/mol. The molecule has 0 saturated heterocycles. The standard InChI is InChI=1S/C29H32F3N7O3/c30-22-7-3-8-24(28(22)32)37-27(41)17-39-16-19(15-35-39)36-29-21-13-23(31)26(14-25(21)33-18-34-29)42-12-4-9-38(10-11-40)20-5-1-2-6-20/h3,7-8,13-16,18,20,40H,1-2,4-6,9-12,17H2,(H,37,41)(H,33,34,36). The molecule has 1 fully saturated rings. The van der Waals surface area contributed by atoms with Gasteiger partial charge in [-0.2, -0.15) is 5.10 Å². The van der Waals surface area contributed by atoms with Crippen molar-refractivity contribution in [2.24, 2.45) is 0 Å². The number of halogens is 3. The predicted octanol–water partition coefficient (Wildman–Crippen LogP) is 4.63. The number of fused-ring (bicyclic) bond motifs is 1. The van der Waals surface area contributed by atoms with Crippen molar-refractivity contribution in [3.8, 4) is 5.75 Å². The van der Waals surface area contributed by atoms with Gasteiger partial charge in [0, 0.05) is 36.8 Å². The maximum absolute atomic E-state index is 15.0. The normalized spacial score (nSPS) is 13.6. The van der Waals surface area contributed by atoms with E-state index < -0.39 is 23.4 Å². The fraction of sp³-hybridized carbons (Fsp3) is 0.379. The van der Waals surface area contributed by atoms with Crippen LogP contribution in [0.4, 0.5) is 30.4 Å². The summed E-state index contributed by atoms with van der Waals surface area (Å²) in [6.07, 6.45) is 9.72. The molecule has 1 aliphatic carbocycles. The van der Waals surface area contributed by atoms with Gasteiger partial charge in [0.1, 0.15) is 18.7 Å². The van der Waals surface area contributed by atoms with Crippen LogP contribution in [-0.4, -0.2) is 68.0 Å². The van der Waals surface area contributed by atoms with E-state index in [9.17, 15) is 18.7 Å². The minimum atomic E-state index is -1.14. The summed E-state index contributed by atoms with van der Waals surface area (Å²) >= 11 is 0. The van der Waals surface area contributed by atoms with E-state index in [-0.39, 0.29) is 24.6 Å². The van der Waals surface area contributed by atoms with E-state index in [4.69, 9.17) is 4.74 Å². The molecular weight excluding hydrogens is 551 g/mol. The fourth-order valence-corrected chi connectivity index (χ4v) is 5.18. The van der Waals surface area contributed by atoms with Crippen molar-refractivity contribution in [2.75, 3.05) is 36.9 Å². The van der Waals surface area contributed by atoms with Crippen molar-refractivity contribution in [1.82, 2.24) is 24.6 Å². The molecule has 0 spiro atoms. The van der Waals surface area contributed by atoms with Crippen LogP contribution in [0.5, 0.6) is 5.75 Å². The topological polar surface area (TPSA) is 117 Å². The lowest BCUT2D eigenvalue weighted by Crippen LogP contribution is -2.37. The van der Waals surface area contributed by atoms with Crippen LogP contribution in [0.2, 0.25) is 0 Å².